The minimum atomic E-state index is 1.05. The first kappa shape index (κ1) is 25.4. The molecule has 0 bridgehead atoms. The second-order valence-electron chi connectivity index (χ2n) is 9.34. The Bertz CT molecular complexity index is 1390. The van der Waals surface area contributed by atoms with Gasteiger partial charge in [-0.1, -0.05) is 65.9 Å². The van der Waals surface area contributed by atoms with Crippen LogP contribution in [0.15, 0.2) is 129 Å². The van der Waals surface area contributed by atoms with E-state index >= 15 is 0 Å². The van der Waals surface area contributed by atoms with Gasteiger partial charge < -0.3 is 4.90 Å². The van der Waals surface area contributed by atoms with Crippen molar-refractivity contribution in [3.8, 4) is 0 Å². The predicted octanol–water partition coefficient (Wildman–Crippen LogP) is 8.15. The minimum Gasteiger partial charge on any atom is -0.315 e. The third-order valence-electron chi connectivity index (χ3n) is 6.11. The number of fused-ring (bicyclic) bond motifs is 2. The van der Waals surface area contributed by atoms with E-state index in [4.69, 9.17) is 0 Å². The molecule has 5 rings (SSSR count). The van der Waals surface area contributed by atoms with Crippen LogP contribution < -0.4 is 14.9 Å². The molecule has 1 aliphatic rings. The number of hydrogen-bond donors (Lipinski definition) is 0. The second-order valence-corrected chi connectivity index (χ2v) is 10.4. The van der Waals surface area contributed by atoms with E-state index in [9.17, 15) is 0 Å². The lowest BCUT2D eigenvalue weighted by Crippen LogP contribution is -2.15. The zero-order chi connectivity index (χ0) is 26.5. The molecule has 0 aliphatic carbocycles. The van der Waals surface area contributed by atoms with Crippen LogP contribution in [-0.2, 0) is 0 Å². The van der Waals surface area contributed by atoms with Gasteiger partial charge in [-0.2, -0.15) is 10.2 Å². The lowest BCUT2D eigenvalue weighted by Gasteiger charge is -2.31. The summed E-state index contributed by atoms with van der Waals surface area (Å²) in [5.74, 6) is 0. The van der Waals surface area contributed by atoms with Gasteiger partial charge in [-0.15, -0.1) is 0 Å². The Kier molecular flexibility index (Phi) is 7.61. The lowest BCUT2D eigenvalue weighted by molar-refractivity contribution is 1.02. The van der Waals surface area contributed by atoms with Crippen LogP contribution in [0.25, 0.3) is 0 Å². The van der Waals surface area contributed by atoms with Gasteiger partial charge in [-0.3, -0.25) is 10.0 Å². The summed E-state index contributed by atoms with van der Waals surface area (Å²) in [4.78, 5) is 4.67. The molecule has 0 saturated carbocycles. The highest BCUT2D eigenvalue weighted by Crippen LogP contribution is 2.49. The number of allylic oxidation sites excluding steroid dienone is 1. The Morgan fingerprint density at radius 1 is 0.658 bits per heavy atom. The van der Waals surface area contributed by atoms with E-state index in [-0.39, 0.29) is 0 Å². The molecule has 1 aliphatic heterocycles. The van der Waals surface area contributed by atoms with Crippen molar-refractivity contribution in [2.24, 2.45) is 10.2 Å². The van der Waals surface area contributed by atoms with Crippen LogP contribution in [0.5, 0.6) is 0 Å². The van der Waals surface area contributed by atoms with Crippen molar-refractivity contribution in [2.75, 3.05) is 29.0 Å². The fourth-order valence-corrected chi connectivity index (χ4v) is 5.33. The largest absolute Gasteiger partial charge is 0.315 e. The van der Waals surface area contributed by atoms with Gasteiger partial charge in [0.15, 0.2) is 0 Å². The van der Waals surface area contributed by atoms with Gasteiger partial charge in [0.2, 0.25) is 0 Å². The van der Waals surface area contributed by atoms with Crippen molar-refractivity contribution in [1.29, 1.82) is 0 Å². The molecule has 0 N–H and O–H groups in total. The van der Waals surface area contributed by atoms with Crippen LogP contribution in [0.2, 0.25) is 0 Å². The molecule has 0 aromatic heterocycles. The number of hydrazone groups is 2. The van der Waals surface area contributed by atoms with Gasteiger partial charge in [-0.05, 0) is 73.5 Å². The quantitative estimate of drug-likeness (QED) is 0.183. The van der Waals surface area contributed by atoms with Crippen molar-refractivity contribution in [3.63, 3.8) is 0 Å². The van der Waals surface area contributed by atoms with Crippen molar-refractivity contribution in [1.82, 2.24) is 0 Å². The van der Waals surface area contributed by atoms with Crippen LogP contribution in [0.1, 0.15) is 25.0 Å². The molecular weight excluding hydrogens is 486 g/mol. The normalized spacial score (nSPS) is 12.4. The second kappa shape index (κ2) is 11.4. The molecule has 0 amide bonds. The van der Waals surface area contributed by atoms with Crippen molar-refractivity contribution < 1.29 is 0 Å². The Labute approximate surface area is 229 Å². The highest BCUT2D eigenvalue weighted by molar-refractivity contribution is 7.99. The third kappa shape index (κ3) is 5.82. The van der Waals surface area contributed by atoms with E-state index < -0.39 is 0 Å². The number of hydrogen-bond acceptors (Lipinski definition) is 6. The van der Waals surface area contributed by atoms with Crippen LogP contribution >= 0.6 is 11.8 Å². The van der Waals surface area contributed by atoms with Gasteiger partial charge in [-0.25, -0.2) is 0 Å². The molecule has 5 nitrogen and oxygen atoms in total. The molecule has 190 valence electrons. The molecule has 0 unspecified atom stereocenters. The maximum absolute atomic E-state index is 4.66. The maximum Gasteiger partial charge on any atom is 0.0595 e. The van der Waals surface area contributed by atoms with Crippen LogP contribution in [0.4, 0.5) is 22.7 Å². The van der Waals surface area contributed by atoms with Crippen LogP contribution in [-0.4, -0.2) is 26.5 Å². The van der Waals surface area contributed by atoms with E-state index in [2.05, 4.69) is 71.5 Å². The number of para-hydroxylation sites is 2. The van der Waals surface area contributed by atoms with E-state index in [0.29, 0.717) is 0 Å². The highest BCUT2D eigenvalue weighted by atomic mass is 32.2. The molecule has 0 atom stereocenters. The molecule has 0 fully saturated rings. The Balaban J connectivity index is 1.42. The average Bonchev–Trinajstić information content (AvgIpc) is 2.95. The summed E-state index contributed by atoms with van der Waals surface area (Å²) in [5.41, 5.74) is 7.78. The monoisotopic (exact) mass is 517 g/mol. The SMILES string of the molecule is CC(C)=CN1c2ccc(/C=N\N(C)c3ccccc3)cc2Sc2cc(/C=N/N(C)c3ccccc3)ccc21. The first-order chi connectivity index (χ1) is 18.5. The summed E-state index contributed by atoms with van der Waals surface area (Å²) in [6, 6.07) is 33.3. The number of benzene rings is 4. The van der Waals surface area contributed by atoms with Gasteiger partial charge in [0.1, 0.15) is 0 Å². The number of nitrogens with zero attached hydrogens (tertiary/aromatic N) is 5. The summed E-state index contributed by atoms with van der Waals surface area (Å²) < 4.78 is 0. The fourth-order valence-electron chi connectivity index (χ4n) is 4.16. The van der Waals surface area contributed by atoms with Crippen molar-refractivity contribution in [3.05, 3.63) is 120 Å². The predicted molar refractivity (Wildman–Crippen MR) is 163 cm³/mol. The zero-order valence-corrected chi connectivity index (χ0v) is 22.9. The first-order valence-electron chi connectivity index (χ1n) is 12.5. The topological polar surface area (TPSA) is 34.4 Å². The molecule has 4 aromatic rings. The number of rotatable bonds is 7. The standard InChI is InChI=1S/C32H31N5S/c1-24(2)23-37-29-17-15-25(21-33-35(3)27-11-7-5-8-12-27)19-31(29)38-32-20-26(16-18-30(32)37)22-34-36(4)28-13-9-6-10-14-28/h5-23H,1-4H3/b33-21-,34-22+. The molecule has 0 radical (unpaired) electrons. The molecule has 0 spiro atoms. The summed E-state index contributed by atoms with van der Waals surface area (Å²) in [6.07, 6.45) is 6.03. The van der Waals surface area contributed by atoms with Gasteiger partial charge in [0.25, 0.3) is 0 Å². The molecular formula is C32H31N5S. The van der Waals surface area contributed by atoms with E-state index in [0.717, 1.165) is 22.5 Å². The molecule has 38 heavy (non-hydrogen) atoms. The third-order valence-corrected chi connectivity index (χ3v) is 7.21. The maximum atomic E-state index is 4.66. The Hall–Kier alpha value is -4.29. The summed E-state index contributed by atoms with van der Waals surface area (Å²) in [6.45, 7) is 4.25. The lowest BCUT2D eigenvalue weighted by atomic mass is 10.1. The number of anilines is 4. The summed E-state index contributed by atoms with van der Waals surface area (Å²) in [7, 11) is 3.92. The minimum absolute atomic E-state index is 1.05. The average molecular weight is 518 g/mol. The van der Waals surface area contributed by atoms with Gasteiger partial charge in [0.05, 0.1) is 35.2 Å². The van der Waals surface area contributed by atoms with E-state index in [1.807, 2.05) is 97.2 Å². The molecule has 0 saturated heterocycles. The Morgan fingerprint density at radius 2 is 1.11 bits per heavy atom. The van der Waals surface area contributed by atoms with Crippen molar-refractivity contribution in [2.45, 2.75) is 23.6 Å². The van der Waals surface area contributed by atoms with Crippen molar-refractivity contribution >= 4 is 46.9 Å². The fraction of sp³-hybridized carbons (Fsp3) is 0.125. The Morgan fingerprint density at radius 3 is 1.53 bits per heavy atom. The zero-order valence-electron chi connectivity index (χ0n) is 22.1. The summed E-state index contributed by atoms with van der Waals surface area (Å²) in [5, 5.41) is 13.1. The van der Waals surface area contributed by atoms with E-state index in [1.54, 1.807) is 11.8 Å². The van der Waals surface area contributed by atoms with Crippen LogP contribution in [0, 0.1) is 0 Å². The summed E-state index contributed by atoms with van der Waals surface area (Å²) >= 11 is 1.78. The van der Waals surface area contributed by atoms with Gasteiger partial charge in [0, 0.05) is 30.1 Å². The highest BCUT2D eigenvalue weighted by Gasteiger charge is 2.23. The molecule has 6 heteroatoms. The van der Waals surface area contributed by atoms with Crippen LogP contribution in [0.3, 0.4) is 0 Å². The van der Waals surface area contributed by atoms with Gasteiger partial charge >= 0.3 is 0 Å². The molecule has 4 aromatic carbocycles. The van der Waals surface area contributed by atoms with E-state index in [1.165, 1.54) is 26.7 Å². The smallest absolute Gasteiger partial charge is 0.0595 e. The molecule has 1 heterocycles. The first-order valence-corrected chi connectivity index (χ1v) is 13.4.